The molecule has 0 aromatic heterocycles. The first kappa shape index (κ1) is 25.0. The van der Waals surface area contributed by atoms with Crippen LogP contribution in [0.2, 0.25) is 0 Å². The Morgan fingerprint density at radius 2 is 1.69 bits per heavy atom. The van der Waals surface area contributed by atoms with E-state index >= 15 is 0 Å². The van der Waals surface area contributed by atoms with Gasteiger partial charge in [-0.3, -0.25) is 14.6 Å². The average molecular weight is 441 g/mol. The smallest absolute Gasteiger partial charge is 0.251 e. The molecule has 0 aliphatic carbocycles. The summed E-state index contributed by atoms with van der Waals surface area (Å²) in [7, 11) is 1.62. The zero-order valence-corrected chi connectivity index (χ0v) is 18.3. The second-order valence-corrected chi connectivity index (χ2v) is 6.85. The maximum Gasteiger partial charge on any atom is 0.251 e. The van der Waals surface area contributed by atoms with Gasteiger partial charge in [-0.05, 0) is 42.0 Å². The summed E-state index contributed by atoms with van der Waals surface area (Å²) in [6.45, 7) is 6.55. The molecule has 1 aliphatic heterocycles. The Hall–Kier alpha value is -1.99. The molecule has 1 amide bonds. The maximum atomic E-state index is 12.2. The van der Waals surface area contributed by atoms with Crippen LogP contribution in [-0.2, 0) is 6.54 Å². The van der Waals surface area contributed by atoms with Gasteiger partial charge in [0.2, 0.25) is 0 Å². The lowest BCUT2D eigenvalue weighted by atomic mass is 10.2. The summed E-state index contributed by atoms with van der Waals surface area (Å²) in [5, 5.41) is 2.99. The molecule has 1 saturated heterocycles. The molecule has 29 heavy (non-hydrogen) atoms. The fourth-order valence-electron chi connectivity index (χ4n) is 3.29. The van der Waals surface area contributed by atoms with Crippen molar-refractivity contribution in [2.24, 2.45) is 0 Å². The van der Waals surface area contributed by atoms with Crippen LogP contribution in [0.5, 0.6) is 5.75 Å². The van der Waals surface area contributed by atoms with Crippen molar-refractivity contribution in [3.8, 4) is 5.75 Å². The monoisotopic (exact) mass is 440 g/mol. The highest BCUT2D eigenvalue weighted by Crippen LogP contribution is 2.12. The summed E-state index contributed by atoms with van der Waals surface area (Å²) in [5.74, 6) is 0.709. The maximum absolute atomic E-state index is 12.2. The molecule has 2 aromatic carbocycles. The van der Waals surface area contributed by atoms with Gasteiger partial charge in [0.1, 0.15) is 5.75 Å². The Kier molecular flexibility index (Phi) is 10.8. The van der Waals surface area contributed by atoms with Crippen molar-refractivity contribution >= 4 is 36.4 Å². The van der Waals surface area contributed by atoms with Gasteiger partial charge >= 0.3 is 0 Å². The molecular weight excluding hydrogens is 411 g/mol. The quantitative estimate of drug-likeness (QED) is 0.647. The number of hydrogen-bond donors (Lipinski definition) is 2. The van der Waals surface area contributed by atoms with Gasteiger partial charge in [0.15, 0.2) is 0 Å². The number of amides is 1. The summed E-state index contributed by atoms with van der Waals surface area (Å²) in [4.78, 5) is 17.0. The number of hydrogen-bond acceptors (Lipinski definition) is 5. The number of rotatable bonds is 7. The molecular formula is C21H30Cl2N4O2. The molecule has 1 heterocycles. The summed E-state index contributed by atoms with van der Waals surface area (Å²) in [5.41, 5.74) is 8.59. The minimum Gasteiger partial charge on any atom is -0.497 e. The summed E-state index contributed by atoms with van der Waals surface area (Å²) < 4.78 is 5.11. The third kappa shape index (κ3) is 7.74. The summed E-state index contributed by atoms with van der Waals surface area (Å²) >= 11 is 0. The highest BCUT2D eigenvalue weighted by molar-refractivity contribution is 5.94. The van der Waals surface area contributed by atoms with E-state index in [4.69, 9.17) is 10.5 Å². The second-order valence-electron chi connectivity index (χ2n) is 6.85. The molecule has 6 nitrogen and oxygen atoms in total. The van der Waals surface area contributed by atoms with E-state index < -0.39 is 0 Å². The molecule has 1 aliphatic rings. The number of halogens is 2. The topological polar surface area (TPSA) is 70.8 Å². The van der Waals surface area contributed by atoms with Crippen molar-refractivity contribution in [2.75, 3.05) is 52.1 Å². The van der Waals surface area contributed by atoms with Crippen molar-refractivity contribution in [3.63, 3.8) is 0 Å². The fourth-order valence-corrected chi connectivity index (χ4v) is 3.29. The van der Waals surface area contributed by atoms with Crippen molar-refractivity contribution in [1.29, 1.82) is 0 Å². The third-order valence-corrected chi connectivity index (χ3v) is 4.89. The number of nitrogens with zero attached hydrogens (tertiary/aromatic N) is 2. The highest BCUT2D eigenvalue weighted by Gasteiger charge is 2.17. The molecule has 8 heteroatoms. The lowest BCUT2D eigenvalue weighted by Crippen LogP contribution is -2.48. The first-order chi connectivity index (χ1) is 13.1. The molecule has 160 valence electrons. The Bertz CT molecular complexity index is 751. The van der Waals surface area contributed by atoms with Gasteiger partial charge in [-0.25, -0.2) is 0 Å². The number of nitrogens with one attached hydrogen (secondary N) is 1. The average Bonchev–Trinajstić information content (AvgIpc) is 2.69. The van der Waals surface area contributed by atoms with Crippen LogP contribution in [0.3, 0.4) is 0 Å². The van der Waals surface area contributed by atoms with Crippen molar-refractivity contribution < 1.29 is 9.53 Å². The number of nitrogens with two attached hydrogens (primary N) is 1. The van der Waals surface area contributed by atoms with Crippen LogP contribution in [-0.4, -0.2) is 62.1 Å². The molecule has 0 spiro atoms. The number of methoxy groups -OCH3 is 1. The highest BCUT2D eigenvalue weighted by atomic mass is 35.5. The molecule has 0 unspecified atom stereocenters. The van der Waals surface area contributed by atoms with Crippen LogP contribution in [0.25, 0.3) is 0 Å². The number of nitrogen functional groups attached to an aromatic ring is 1. The van der Waals surface area contributed by atoms with Gasteiger partial charge in [0, 0.05) is 57.1 Å². The molecule has 0 atom stereocenters. The third-order valence-electron chi connectivity index (χ3n) is 4.89. The molecule has 0 bridgehead atoms. The van der Waals surface area contributed by atoms with E-state index in [0.717, 1.165) is 50.7 Å². The fraction of sp³-hybridized carbons (Fsp3) is 0.381. The van der Waals surface area contributed by atoms with Gasteiger partial charge in [-0.2, -0.15) is 0 Å². The van der Waals surface area contributed by atoms with Crippen molar-refractivity contribution in [2.45, 2.75) is 6.54 Å². The van der Waals surface area contributed by atoms with E-state index in [1.54, 1.807) is 31.4 Å². The van der Waals surface area contributed by atoms with Gasteiger partial charge in [0.05, 0.1) is 7.11 Å². The minimum absolute atomic E-state index is 0. The first-order valence-electron chi connectivity index (χ1n) is 9.35. The zero-order valence-electron chi connectivity index (χ0n) is 16.7. The number of ether oxygens (including phenoxy) is 1. The normalized spacial score (nSPS) is 14.4. The molecule has 3 N–H and O–H groups in total. The summed E-state index contributed by atoms with van der Waals surface area (Å²) in [6.07, 6.45) is 0. The lowest BCUT2D eigenvalue weighted by Gasteiger charge is -2.34. The predicted molar refractivity (Wildman–Crippen MR) is 122 cm³/mol. The van der Waals surface area contributed by atoms with Crippen LogP contribution in [0, 0.1) is 0 Å². The predicted octanol–water partition coefficient (Wildman–Crippen LogP) is 2.67. The molecule has 2 aromatic rings. The molecule has 1 fully saturated rings. The number of anilines is 1. The molecule has 3 rings (SSSR count). The van der Waals surface area contributed by atoms with Gasteiger partial charge in [-0.15, -0.1) is 24.8 Å². The first-order valence-corrected chi connectivity index (χ1v) is 9.35. The molecule has 0 saturated carbocycles. The van der Waals surface area contributed by atoms with E-state index in [9.17, 15) is 4.79 Å². The standard InChI is InChI=1S/C21H28N4O2.2ClH/c1-27-20-7-5-18(6-8-20)21(26)23-9-10-24-11-13-25(14-12-24)16-17-3-2-4-19(22)15-17;;/h2-8,15H,9-14,16,22H2,1H3,(H,23,26);2*1H. The van der Waals surface area contributed by atoms with Crippen LogP contribution in [0.15, 0.2) is 48.5 Å². The number of benzene rings is 2. The molecule has 0 radical (unpaired) electrons. The largest absolute Gasteiger partial charge is 0.497 e. The second kappa shape index (κ2) is 12.5. The Balaban J connectivity index is 0.00000210. The van der Waals surface area contributed by atoms with E-state index in [-0.39, 0.29) is 30.7 Å². The zero-order chi connectivity index (χ0) is 19.1. The van der Waals surface area contributed by atoms with Crippen LogP contribution < -0.4 is 15.8 Å². The number of piperazine rings is 1. The lowest BCUT2D eigenvalue weighted by molar-refractivity contribution is 0.0934. The van der Waals surface area contributed by atoms with Crippen LogP contribution in [0.1, 0.15) is 15.9 Å². The van der Waals surface area contributed by atoms with Gasteiger partial charge in [0.25, 0.3) is 5.91 Å². The number of carbonyl (C=O) groups is 1. The SMILES string of the molecule is COc1ccc(C(=O)NCCN2CCN(Cc3cccc(N)c3)CC2)cc1.Cl.Cl. The van der Waals surface area contributed by atoms with Crippen molar-refractivity contribution in [3.05, 3.63) is 59.7 Å². The van der Waals surface area contributed by atoms with Crippen LogP contribution in [0.4, 0.5) is 5.69 Å². The van der Waals surface area contributed by atoms with E-state index in [1.807, 2.05) is 18.2 Å². The Labute approximate surface area is 185 Å². The van der Waals surface area contributed by atoms with E-state index in [1.165, 1.54) is 5.56 Å². The summed E-state index contributed by atoms with van der Waals surface area (Å²) in [6, 6.07) is 15.3. The van der Waals surface area contributed by atoms with Gasteiger partial charge in [-0.1, -0.05) is 12.1 Å². The minimum atomic E-state index is -0.0436. The van der Waals surface area contributed by atoms with E-state index in [0.29, 0.717) is 12.1 Å². The van der Waals surface area contributed by atoms with Crippen LogP contribution >= 0.6 is 24.8 Å². The van der Waals surface area contributed by atoms with E-state index in [2.05, 4.69) is 21.2 Å². The van der Waals surface area contributed by atoms with Gasteiger partial charge < -0.3 is 15.8 Å². The van der Waals surface area contributed by atoms with Crippen molar-refractivity contribution in [1.82, 2.24) is 15.1 Å². The number of carbonyl (C=O) groups excluding carboxylic acids is 1. The Morgan fingerprint density at radius 1 is 1.03 bits per heavy atom. The Morgan fingerprint density at radius 3 is 2.31 bits per heavy atom.